The molecule has 0 radical (unpaired) electrons. The highest BCUT2D eigenvalue weighted by atomic mass is 32.1. The fraction of sp³-hybridized carbons (Fsp3) is 0.690. The van der Waals surface area contributed by atoms with Crippen LogP contribution in [0.25, 0.3) is 0 Å². The number of thiol groups is 1. The van der Waals surface area contributed by atoms with E-state index in [1.165, 1.54) is 0 Å². The van der Waals surface area contributed by atoms with Crippen LogP contribution in [0.15, 0.2) is 24.3 Å². The maximum absolute atomic E-state index is 13.9. The van der Waals surface area contributed by atoms with Gasteiger partial charge >= 0.3 is 6.09 Å². The van der Waals surface area contributed by atoms with Gasteiger partial charge in [-0.2, -0.15) is 12.6 Å². The smallest absolute Gasteiger partial charge is 0.408 e. The Labute approximate surface area is 229 Å². The number of hydrogen-bond donors (Lipinski definition) is 3. The molecule has 2 unspecified atom stereocenters. The SMILES string of the molecule is CCCCCCCN(C(=O)C(CS)NC(=O)OC(C)(C)C)C(C(=O)NCCCC)c1ccc(CC)cc1. The molecule has 2 N–H and O–H groups in total. The maximum Gasteiger partial charge on any atom is 0.408 e. The zero-order valence-electron chi connectivity index (χ0n) is 23.8. The van der Waals surface area contributed by atoms with Gasteiger partial charge < -0.3 is 20.3 Å². The Morgan fingerprint density at radius 2 is 1.57 bits per heavy atom. The molecule has 0 aliphatic carbocycles. The van der Waals surface area contributed by atoms with Crippen molar-refractivity contribution in [2.45, 2.75) is 111 Å². The average molecular weight is 536 g/mol. The van der Waals surface area contributed by atoms with Crippen molar-refractivity contribution in [3.63, 3.8) is 0 Å². The molecule has 0 aliphatic rings. The van der Waals surface area contributed by atoms with E-state index in [1.807, 2.05) is 24.3 Å². The molecule has 0 aromatic heterocycles. The molecule has 0 bridgehead atoms. The van der Waals surface area contributed by atoms with Crippen molar-refractivity contribution >= 4 is 30.5 Å². The number of carbonyl (C=O) groups is 3. The van der Waals surface area contributed by atoms with Crippen LogP contribution in [0.1, 0.15) is 104 Å². The summed E-state index contributed by atoms with van der Waals surface area (Å²) < 4.78 is 5.37. The van der Waals surface area contributed by atoms with Gasteiger partial charge in [-0.1, -0.05) is 77.1 Å². The van der Waals surface area contributed by atoms with Gasteiger partial charge in [-0.3, -0.25) is 9.59 Å². The highest BCUT2D eigenvalue weighted by Crippen LogP contribution is 2.25. The van der Waals surface area contributed by atoms with Gasteiger partial charge in [0.15, 0.2) is 0 Å². The number of carbonyl (C=O) groups excluding carboxylic acids is 3. The van der Waals surface area contributed by atoms with E-state index in [-0.39, 0.29) is 17.6 Å². The Hall–Kier alpha value is -2.22. The highest BCUT2D eigenvalue weighted by molar-refractivity contribution is 7.80. The largest absolute Gasteiger partial charge is 0.444 e. The molecule has 0 saturated heterocycles. The molecule has 0 heterocycles. The van der Waals surface area contributed by atoms with Crippen LogP contribution in [-0.4, -0.2) is 53.3 Å². The molecule has 8 heteroatoms. The fourth-order valence-corrected chi connectivity index (χ4v) is 4.23. The number of nitrogens with one attached hydrogen (secondary N) is 2. The predicted octanol–water partition coefficient (Wildman–Crippen LogP) is 5.83. The number of alkyl carbamates (subject to hydrolysis) is 1. The molecule has 0 aliphatic heterocycles. The van der Waals surface area contributed by atoms with Gasteiger partial charge in [0.05, 0.1) is 0 Å². The third-order valence-electron chi connectivity index (χ3n) is 6.05. The molecule has 7 nitrogen and oxygen atoms in total. The first-order valence-corrected chi connectivity index (χ1v) is 14.5. The summed E-state index contributed by atoms with van der Waals surface area (Å²) in [6.07, 6.45) is 7.07. The quantitative estimate of drug-likeness (QED) is 0.184. The van der Waals surface area contributed by atoms with E-state index in [1.54, 1.807) is 25.7 Å². The van der Waals surface area contributed by atoms with Gasteiger partial charge in [0.1, 0.15) is 17.7 Å². The lowest BCUT2D eigenvalue weighted by Gasteiger charge is -2.34. The molecule has 37 heavy (non-hydrogen) atoms. The van der Waals surface area contributed by atoms with E-state index in [9.17, 15) is 14.4 Å². The lowest BCUT2D eigenvalue weighted by Crippen LogP contribution is -2.54. The minimum atomic E-state index is -0.922. The Morgan fingerprint density at radius 3 is 2.11 bits per heavy atom. The minimum absolute atomic E-state index is 0.0867. The lowest BCUT2D eigenvalue weighted by atomic mass is 10.00. The fourth-order valence-electron chi connectivity index (χ4n) is 3.98. The number of hydrogen-bond acceptors (Lipinski definition) is 5. The average Bonchev–Trinajstić information content (AvgIpc) is 2.85. The van der Waals surface area contributed by atoms with Crippen molar-refractivity contribution in [1.29, 1.82) is 0 Å². The number of amides is 3. The number of benzene rings is 1. The normalized spacial score (nSPS) is 12.9. The van der Waals surface area contributed by atoms with Crippen molar-refractivity contribution in [3.8, 4) is 0 Å². The van der Waals surface area contributed by atoms with Crippen molar-refractivity contribution < 1.29 is 19.1 Å². The summed E-state index contributed by atoms with van der Waals surface area (Å²) in [4.78, 5) is 41.5. The summed E-state index contributed by atoms with van der Waals surface area (Å²) in [7, 11) is 0. The molecule has 0 saturated carbocycles. The van der Waals surface area contributed by atoms with E-state index in [2.05, 4.69) is 44.0 Å². The Morgan fingerprint density at radius 1 is 0.946 bits per heavy atom. The Kier molecular flexibility index (Phi) is 15.4. The van der Waals surface area contributed by atoms with Gasteiger partial charge in [-0.15, -0.1) is 0 Å². The summed E-state index contributed by atoms with van der Waals surface area (Å²) in [6.45, 7) is 12.6. The summed E-state index contributed by atoms with van der Waals surface area (Å²) in [5.41, 5.74) is 1.21. The van der Waals surface area contributed by atoms with Crippen LogP contribution < -0.4 is 10.6 Å². The van der Waals surface area contributed by atoms with Crippen molar-refractivity contribution in [1.82, 2.24) is 15.5 Å². The number of rotatable bonds is 16. The third kappa shape index (κ3) is 12.2. The van der Waals surface area contributed by atoms with Crippen LogP contribution in [0.5, 0.6) is 0 Å². The second-order valence-corrected chi connectivity index (χ2v) is 10.8. The van der Waals surface area contributed by atoms with Gasteiger partial charge in [0.2, 0.25) is 11.8 Å². The molecular weight excluding hydrogens is 486 g/mol. The zero-order valence-corrected chi connectivity index (χ0v) is 24.7. The van der Waals surface area contributed by atoms with Crippen LogP contribution >= 0.6 is 12.6 Å². The Bertz CT molecular complexity index is 823. The second kappa shape index (κ2) is 17.3. The van der Waals surface area contributed by atoms with E-state index in [0.29, 0.717) is 13.1 Å². The standard InChI is InChI=1S/C29H49N3O4S/c1-7-10-12-13-14-20-32(27(34)24(21-37)31-28(35)36-29(4,5)6)25(26(33)30-19-11-8-2)23-17-15-22(9-3)16-18-23/h15-18,24-25,37H,7-14,19-21H2,1-6H3,(H,30,33)(H,31,35). The highest BCUT2D eigenvalue weighted by Gasteiger charge is 2.35. The lowest BCUT2D eigenvalue weighted by molar-refractivity contribution is -0.142. The zero-order chi connectivity index (χ0) is 27.8. The van der Waals surface area contributed by atoms with Gasteiger partial charge in [0, 0.05) is 18.8 Å². The first kappa shape index (κ1) is 32.8. The van der Waals surface area contributed by atoms with Crippen molar-refractivity contribution in [3.05, 3.63) is 35.4 Å². The predicted molar refractivity (Wildman–Crippen MR) is 154 cm³/mol. The van der Waals surface area contributed by atoms with Gasteiger partial charge in [0.25, 0.3) is 0 Å². The molecule has 1 aromatic carbocycles. The third-order valence-corrected chi connectivity index (χ3v) is 6.42. The molecule has 1 aromatic rings. The first-order chi connectivity index (χ1) is 17.6. The number of nitrogens with zero attached hydrogens (tertiary/aromatic N) is 1. The van der Waals surface area contributed by atoms with E-state index < -0.39 is 23.8 Å². The van der Waals surface area contributed by atoms with E-state index in [0.717, 1.165) is 62.5 Å². The van der Waals surface area contributed by atoms with Gasteiger partial charge in [-0.05, 0) is 51.2 Å². The molecule has 0 fully saturated rings. The topological polar surface area (TPSA) is 87.7 Å². The molecular formula is C29H49N3O4S. The summed E-state index contributed by atoms with van der Waals surface area (Å²) >= 11 is 4.36. The number of aryl methyl sites for hydroxylation is 1. The summed E-state index contributed by atoms with van der Waals surface area (Å²) in [6, 6.07) is 6.13. The van der Waals surface area contributed by atoms with Gasteiger partial charge in [-0.25, -0.2) is 4.79 Å². The van der Waals surface area contributed by atoms with Crippen LogP contribution in [0.2, 0.25) is 0 Å². The molecule has 2 atom stereocenters. The Balaban J connectivity index is 3.33. The molecule has 210 valence electrons. The van der Waals surface area contributed by atoms with Crippen LogP contribution in [-0.2, 0) is 20.7 Å². The van der Waals surface area contributed by atoms with E-state index >= 15 is 0 Å². The summed E-state index contributed by atoms with van der Waals surface area (Å²) in [5, 5.41) is 5.69. The first-order valence-electron chi connectivity index (χ1n) is 13.8. The summed E-state index contributed by atoms with van der Waals surface area (Å²) in [5.74, 6) is -0.468. The molecule has 1 rings (SSSR count). The molecule has 0 spiro atoms. The number of ether oxygens (including phenoxy) is 1. The molecule has 3 amide bonds. The monoisotopic (exact) mass is 535 g/mol. The minimum Gasteiger partial charge on any atom is -0.444 e. The van der Waals surface area contributed by atoms with Crippen LogP contribution in [0.3, 0.4) is 0 Å². The maximum atomic E-state index is 13.9. The van der Waals surface area contributed by atoms with Crippen molar-refractivity contribution in [2.75, 3.05) is 18.8 Å². The van der Waals surface area contributed by atoms with Crippen LogP contribution in [0.4, 0.5) is 4.79 Å². The number of unbranched alkanes of at least 4 members (excludes halogenated alkanes) is 5. The van der Waals surface area contributed by atoms with Crippen LogP contribution in [0, 0.1) is 0 Å². The van der Waals surface area contributed by atoms with E-state index in [4.69, 9.17) is 4.74 Å². The second-order valence-electron chi connectivity index (χ2n) is 10.5. The van der Waals surface area contributed by atoms with Crippen molar-refractivity contribution in [2.24, 2.45) is 0 Å².